The maximum Gasteiger partial charge on any atom is 0.183 e. The summed E-state index contributed by atoms with van der Waals surface area (Å²) in [6, 6.07) is 1.86. The standard InChI is InChI=1S/C11H12N4/c1-3-5-9(4-2)15-11-10(8-12)13-6-7-14-11/h2,6-7,9H,3,5H2,1H3,(H,14,15). The smallest absolute Gasteiger partial charge is 0.183 e. The van der Waals surface area contributed by atoms with Gasteiger partial charge in [-0.1, -0.05) is 19.3 Å². The number of terminal acetylenes is 1. The van der Waals surface area contributed by atoms with Crippen LogP contribution >= 0.6 is 0 Å². The number of anilines is 1. The fraction of sp³-hybridized carbons (Fsp3) is 0.364. The molecule has 0 saturated heterocycles. The molecule has 0 spiro atoms. The van der Waals surface area contributed by atoms with E-state index < -0.39 is 0 Å². The van der Waals surface area contributed by atoms with Crippen LogP contribution in [0.25, 0.3) is 0 Å². The first-order valence-corrected chi connectivity index (χ1v) is 4.75. The molecule has 1 N–H and O–H groups in total. The van der Waals surface area contributed by atoms with Gasteiger partial charge in [0.2, 0.25) is 0 Å². The summed E-state index contributed by atoms with van der Waals surface area (Å²) in [7, 11) is 0. The summed E-state index contributed by atoms with van der Waals surface area (Å²) >= 11 is 0. The molecule has 1 rings (SSSR count). The highest BCUT2D eigenvalue weighted by Gasteiger charge is 2.08. The maximum absolute atomic E-state index is 8.79. The molecule has 1 atom stereocenters. The van der Waals surface area contributed by atoms with E-state index in [4.69, 9.17) is 11.7 Å². The summed E-state index contributed by atoms with van der Waals surface area (Å²) in [5.74, 6) is 3.07. The molecule has 1 unspecified atom stereocenters. The molecule has 1 heterocycles. The molecule has 0 aliphatic heterocycles. The molecule has 4 heteroatoms. The largest absolute Gasteiger partial charge is 0.354 e. The molecule has 4 nitrogen and oxygen atoms in total. The number of nitrogens with zero attached hydrogens (tertiary/aromatic N) is 3. The second-order valence-corrected chi connectivity index (χ2v) is 3.02. The third-order valence-electron chi connectivity index (χ3n) is 1.89. The van der Waals surface area contributed by atoms with Gasteiger partial charge in [-0.3, -0.25) is 0 Å². The van der Waals surface area contributed by atoms with Gasteiger partial charge >= 0.3 is 0 Å². The quantitative estimate of drug-likeness (QED) is 0.749. The van der Waals surface area contributed by atoms with Gasteiger partial charge in [-0.2, -0.15) is 5.26 Å². The van der Waals surface area contributed by atoms with E-state index in [1.54, 1.807) is 0 Å². The fourth-order valence-corrected chi connectivity index (χ4v) is 1.18. The number of nitrogens with one attached hydrogen (secondary N) is 1. The Morgan fingerprint density at radius 2 is 2.27 bits per heavy atom. The van der Waals surface area contributed by atoms with Crippen LogP contribution in [-0.4, -0.2) is 16.0 Å². The molecule has 0 fully saturated rings. The Labute approximate surface area is 89.4 Å². The molecule has 0 radical (unpaired) electrons. The van der Waals surface area contributed by atoms with E-state index in [1.165, 1.54) is 12.4 Å². The zero-order chi connectivity index (χ0) is 11.1. The lowest BCUT2D eigenvalue weighted by Crippen LogP contribution is -2.18. The van der Waals surface area contributed by atoms with Crippen molar-refractivity contribution in [3.8, 4) is 18.4 Å². The van der Waals surface area contributed by atoms with Gasteiger partial charge in [-0.05, 0) is 6.42 Å². The van der Waals surface area contributed by atoms with E-state index in [0.717, 1.165) is 12.8 Å². The van der Waals surface area contributed by atoms with Crippen molar-refractivity contribution in [2.45, 2.75) is 25.8 Å². The SMILES string of the molecule is C#CC(CCC)Nc1nccnc1C#N. The van der Waals surface area contributed by atoms with Crippen LogP contribution in [0, 0.1) is 23.7 Å². The minimum atomic E-state index is -0.0983. The number of hydrogen-bond acceptors (Lipinski definition) is 4. The molecule has 0 amide bonds. The summed E-state index contributed by atoms with van der Waals surface area (Å²) in [6.45, 7) is 2.05. The van der Waals surface area contributed by atoms with E-state index >= 15 is 0 Å². The van der Waals surface area contributed by atoms with Crippen molar-refractivity contribution in [3.63, 3.8) is 0 Å². The van der Waals surface area contributed by atoms with Crippen LogP contribution in [0.1, 0.15) is 25.5 Å². The second-order valence-electron chi connectivity index (χ2n) is 3.02. The van der Waals surface area contributed by atoms with Crippen molar-refractivity contribution in [3.05, 3.63) is 18.1 Å². The summed E-state index contributed by atoms with van der Waals surface area (Å²) in [5.41, 5.74) is 0.272. The highest BCUT2D eigenvalue weighted by atomic mass is 15.0. The Balaban J connectivity index is 2.80. The Kier molecular flexibility index (Phi) is 4.12. The predicted octanol–water partition coefficient (Wildman–Crippen LogP) is 1.56. The van der Waals surface area contributed by atoms with Gasteiger partial charge in [-0.15, -0.1) is 6.42 Å². The van der Waals surface area contributed by atoms with Crippen LogP contribution in [0.3, 0.4) is 0 Å². The monoisotopic (exact) mass is 200 g/mol. The summed E-state index contributed by atoms with van der Waals surface area (Å²) < 4.78 is 0. The molecular formula is C11H12N4. The minimum Gasteiger partial charge on any atom is -0.354 e. The molecule has 1 aromatic heterocycles. The van der Waals surface area contributed by atoms with Crippen LogP contribution in [0.15, 0.2) is 12.4 Å². The fourth-order valence-electron chi connectivity index (χ4n) is 1.18. The summed E-state index contributed by atoms with van der Waals surface area (Å²) in [5, 5.41) is 11.8. The van der Waals surface area contributed by atoms with Crippen molar-refractivity contribution in [1.29, 1.82) is 5.26 Å². The average Bonchev–Trinajstić information content (AvgIpc) is 2.29. The molecule has 0 aliphatic carbocycles. The van der Waals surface area contributed by atoms with E-state index in [9.17, 15) is 0 Å². The first kappa shape index (κ1) is 11.0. The topological polar surface area (TPSA) is 61.6 Å². The Morgan fingerprint density at radius 1 is 1.53 bits per heavy atom. The van der Waals surface area contributed by atoms with Crippen molar-refractivity contribution in [2.75, 3.05) is 5.32 Å². The lowest BCUT2D eigenvalue weighted by Gasteiger charge is -2.12. The normalized spacial score (nSPS) is 11.1. The first-order valence-electron chi connectivity index (χ1n) is 4.75. The lowest BCUT2D eigenvalue weighted by molar-refractivity contribution is 0.751. The zero-order valence-corrected chi connectivity index (χ0v) is 8.57. The first-order chi connectivity index (χ1) is 7.31. The van der Waals surface area contributed by atoms with Crippen molar-refractivity contribution in [1.82, 2.24) is 9.97 Å². The number of rotatable bonds is 4. The van der Waals surface area contributed by atoms with Gasteiger partial charge in [0.05, 0.1) is 6.04 Å². The van der Waals surface area contributed by atoms with E-state index in [2.05, 4.69) is 21.2 Å². The van der Waals surface area contributed by atoms with Gasteiger partial charge in [-0.25, -0.2) is 9.97 Å². The molecule has 0 bridgehead atoms. The van der Waals surface area contributed by atoms with E-state index in [1.807, 2.05) is 13.0 Å². The van der Waals surface area contributed by atoms with Gasteiger partial charge < -0.3 is 5.32 Å². The van der Waals surface area contributed by atoms with Crippen LogP contribution in [0.4, 0.5) is 5.82 Å². The summed E-state index contributed by atoms with van der Waals surface area (Å²) in [6.07, 6.45) is 10.2. The van der Waals surface area contributed by atoms with Crippen LogP contribution < -0.4 is 5.32 Å². The lowest BCUT2D eigenvalue weighted by atomic mass is 10.2. The predicted molar refractivity (Wildman–Crippen MR) is 57.9 cm³/mol. The van der Waals surface area contributed by atoms with Crippen molar-refractivity contribution in [2.24, 2.45) is 0 Å². The maximum atomic E-state index is 8.79. The highest BCUT2D eigenvalue weighted by Crippen LogP contribution is 2.10. The molecule has 0 aromatic carbocycles. The van der Waals surface area contributed by atoms with Gasteiger partial charge in [0.1, 0.15) is 6.07 Å². The summed E-state index contributed by atoms with van der Waals surface area (Å²) in [4.78, 5) is 7.92. The van der Waals surface area contributed by atoms with Crippen LogP contribution in [0.5, 0.6) is 0 Å². The zero-order valence-electron chi connectivity index (χ0n) is 8.57. The van der Waals surface area contributed by atoms with E-state index in [-0.39, 0.29) is 11.7 Å². The Hall–Kier alpha value is -2.07. The minimum absolute atomic E-state index is 0.0983. The molecule has 0 saturated carbocycles. The van der Waals surface area contributed by atoms with Crippen LogP contribution in [0.2, 0.25) is 0 Å². The van der Waals surface area contributed by atoms with Gasteiger partial charge in [0.15, 0.2) is 11.5 Å². The Bertz CT molecular complexity index is 400. The second kappa shape index (κ2) is 5.62. The molecular weight excluding hydrogens is 188 g/mol. The van der Waals surface area contributed by atoms with Gasteiger partial charge in [0.25, 0.3) is 0 Å². The third kappa shape index (κ3) is 2.96. The van der Waals surface area contributed by atoms with Crippen molar-refractivity contribution < 1.29 is 0 Å². The highest BCUT2D eigenvalue weighted by molar-refractivity contribution is 5.48. The number of hydrogen-bond donors (Lipinski definition) is 1. The van der Waals surface area contributed by atoms with Gasteiger partial charge in [0, 0.05) is 12.4 Å². The van der Waals surface area contributed by atoms with Crippen molar-refractivity contribution >= 4 is 5.82 Å². The third-order valence-corrected chi connectivity index (χ3v) is 1.89. The number of nitriles is 1. The Morgan fingerprint density at radius 3 is 2.87 bits per heavy atom. The van der Waals surface area contributed by atoms with E-state index in [0.29, 0.717) is 5.82 Å². The number of aromatic nitrogens is 2. The average molecular weight is 200 g/mol. The molecule has 0 aliphatic rings. The molecule has 1 aromatic rings. The van der Waals surface area contributed by atoms with Crippen LogP contribution in [-0.2, 0) is 0 Å². The molecule has 15 heavy (non-hydrogen) atoms. The molecule has 76 valence electrons.